The molecule has 3 heteroatoms. The molecule has 1 fully saturated rings. The smallest absolute Gasteiger partial charge is 0.117 e. The van der Waals surface area contributed by atoms with E-state index in [0.29, 0.717) is 12.8 Å². The number of hydrogen-bond donors (Lipinski definition) is 1. The van der Waals surface area contributed by atoms with Crippen molar-refractivity contribution in [2.75, 3.05) is 0 Å². The number of aliphatic hydroxyl groups excluding tert-OH is 1. The maximum atomic E-state index is 12.0. The molecule has 1 aliphatic rings. The van der Waals surface area contributed by atoms with Gasteiger partial charge in [-0.15, -0.1) is 16.7 Å². The predicted molar refractivity (Wildman–Crippen MR) is 58.2 cm³/mol. The summed E-state index contributed by atoms with van der Waals surface area (Å²) in [6, 6.07) is 0. The van der Waals surface area contributed by atoms with E-state index in [1.54, 1.807) is 0 Å². The molecule has 1 atom stereocenters. The van der Waals surface area contributed by atoms with Gasteiger partial charge in [-0.3, -0.25) is 0 Å². The monoisotopic (exact) mass is 210 g/mol. The third kappa shape index (κ3) is 2.34. The van der Waals surface area contributed by atoms with Gasteiger partial charge in [-0.25, -0.2) is 0 Å². The Bertz CT molecular complexity index is 260. The third-order valence-electron chi connectivity index (χ3n) is 3.24. The molecular weight excluding hydrogens is 190 g/mol. The molecule has 1 N–H and O–H groups in total. The lowest BCUT2D eigenvalue weighted by atomic mass is 9.73. The van der Waals surface area contributed by atoms with Crippen molar-refractivity contribution in [3.8, 4) is 12.3 Å². The Morgan fingerprint density at radius 1 is 1.33 bits per heavy atom. The number of piperidine rings is 1. The molecule has 0 aromatic heterocycles. The van der Waals surface area contributed by atoms with Gasteiger partial charge in [0.25, 0.3) is 0 Å². The van der Waals surface area contributed by atoms with Crippen LogP contribution in [0.1, 0.15) is 40.5 Å². The van der Waals surface area contributed by atoms with Crippen molar-refractivity contribution in [3.63, 3.8) is 0 Å². The lowest BCUT2D eigenvalue weighted by molar-refractivity contribution is -0.296. The molecule has 1 saturated heterocycles. The Morgan fingerprint density at radius 3 is 2.07 bits per heavy atom. The Balaban J connectivity index is 2.90. The van der Waals surface area contributed by atoms with Crippen LogP contribution >= 0.6 is 0 Å². The lowest BCUT2D eigenvalue weighted by Gasteiger charge is -2.50. The third-order valence-corrected chi connectivity index (χ3v) is 3.24. The van der Waals surface area contributed by atoms with Crippen LogP contribution in [0.25, 0.3) is 0 Å². The summed E-state index contributed by atoms with van der Waals surface area (Å²) in [6.45, 7) is 7.60. The molecule has 0 saturated carbocycles. The van der Waals surface area contributed by atoms with Gasteiger partial charge in [0.05, 0.1) is 0 Å². The highest BCUT2D eigenvalue weighted by molar-refractivity contribution is 5.04. The Labute approximate surface area is 92.0 Å². The highest BCUT2D eigenvalue weighted by Gasteiger charge is 2.47. The Kier molecular flexibility index (Phi) is 3.16. The van der Waals surface area contributed by atoms with Gasteiger partial charge in [0.2, 0.25) is 0 Å². The van der Waals surface area contributed by atoms with E-state index in [1.807, 2.05) is 27.7 Å². The molecule has 0 aromatic rings. The van der Waals surface area contributed by atoms with Crippen LogP contribution in [-0.4, -0.2) is 27.4 Å². The second-order valence-corrected chi connectivity index (χ2v) is 5.70. The van der Waals surface area contributed by atoms with Crippen LogP contribution in [0.3, 0.4) is 0 Å². The second-order valence-electron chi connectivity index (χ2n) is 5.70. The van der Waals surface area contributed by atoms with Gasteiger partial charge >= 0.3 is 0 Å². The van der Waals surface area contributed by atoms with Crippen LogP contribution in [0, 0.1) is 18.3 Å². The molecule has 0 amide bonds. The minimum Gasteiger partial charge on any atom is -0.380 e. The number of rotatable bonds is 1. The molecule has 0 bridgehead atoms. The van der Waals surface area contributed by atoms with Gasteiger partial charge in [-0.1, -0.05) is 5.92 Å². The first-order valence-electron chi connectivity index (χ1n) is 5.32. The van der Waals surface area contributed by atoms with Crippen molar-refractivity contribution in [2.45, 2.75) is 57.7 Å². The number of hydrogen-bond acceptors (Lipinski definition) is 2. The zero-order chi connectivity index (χ0) is 11.9. The molecule has 15 heavy (non-hydrogen) atoms. The van der Waals surface area contributed by atoms with E-state index in [1.165, 1.54) is 0 Å². The maximum absolute atomic E-state index is 12.0. The molecule has 1 aliphatic heterocycles. The fraction of sp³-hybridized carbons (Fsp3) is 0.833. The first kappa shape index (κ1) is 12.5. The summed E-state index contributed by atoms with van der Waals surface area (Å²) in [4.78, 5) is 0. The fourth-order valence-electron chi connectivity index (χ4n) is 2.70. The van der Waals surface area contributed by atoms with Crippen LogP contribution in [0.4, 0.5) is 0 Å². The van der Waals surface area contributed by atoms with Gasteiger partial charge in [0, 0.05) is 11.1 Å². The summed E-state index contributed by atoms with van der Waals surface area (Å²) < 4.78 is 0. The van der Waals surface area contributed by atoms with E-state index in [-0.39, 0.29) is 5.92 Å². The fourth-order valence-corrected chi connectivity index (χ4v) is 2.70. The molecule has 0 aromatic carbocycles. The average molecular weight is 210 g/mol. The summed E-state index contributed by atoms with van der Waals surface area (Å²) in [7, 11) is 0. The molecular formula is C12H20NO2. The molecule has 0 aliphatic carbocycles. The van der Waals surface area contributed by atoms with Gasteiger partial charge in [-0.05, 0) is 46.5 Å². The van der Waals surface area contributed by atoms with Crippen molar-refractivity contribution in [2.24, 2.45) is 5.92 Å². The largest absolute Gasteiger partial charge is 0.380 e. The Morgan fingerprint density at radius 2 is 1.73 bits per heavy atom. The normalized spacial score (nSPS) is 28.3. The first-order valence-corrected chi connectivity index (χ1v) is 5.32. The minimum atomic E-state index is -0.739. The molecule has 0 spiro atoms. The zero-order valence-corrected chi connectivity index (χ0v) is 9.95. The predicted octanol–water partition coefficient (Wildman–Crippen LogP) is 1.60. The highest BCUT2D eigenvalue weighted by atomic mass is 16.5. The quantitative estimate of drug-likeness (QED) is 0.668. The maximum Gasteiger partial charge on any atom is 0.117 e. The molecule has 1 radical (unpaired) electrons. The molecule has 3 nitrogen and oxygen atoms in total. The zero-order valence-electron chi connectivity index (χ0n) is 9.95. The number of hydroxylamine groups is 2. The number of terminal acetylenes is 1. The minimum absolute atomic E-state index is 0.0187. The van der Waals surface area contributed by atoms with Crippen LogP contribution in [-0.2, 0) is 5.21 Å². The van der Waals surface area contributed by atoms with Crippen molar-refractivity contribution in [3.05, 3.63) is 0 Å². The standard InChI is InChI=1S/C12H20NO2/c1-6-10(14)9-7-11(2,3)13(15)12(4,5)8-9/h1,9-10,14H,7-8H2,2-5H3. The van der Waals surface area contributed by atoms with Crippen molar-refractivity contribution >= 4 is 0 Å². The number of nitrogens with zero attached hydrogens (tertiary/aromatic N) is 1. The van der Waals surface area contributed by atoms with Gasteiger partial charge in [0.15, 0.2) is 0 Å². The van der Waals surface area contributed by atoms with Crippen LogP contribution in [0.5, 0.6) is 0 Å². The highest BCUT2D eigenvalue weighted by Crippen LogP contribution is 2.41. The van der Waals surface area contributed by atoms with E-state index in [0.717, 1.165) is 5.06 Å². The van der Waals surface area contributed by atoms with Gasteiger partial charge < -0.3 is 5.11 Å². The molecule has 85 valence electrons. The van der Waals surface area contributed by atoms with Crippen molar-refractivity contribution in [1.29, 1.82) is 0 Å². The van der Waals surface area contributed by atoms with Gasteiger partial charge in [-0.2, -0.15) is 0 Å². The van der Waals surface area contributed by atoms with E-state index in [2.05, 4.69) is 5.92 Å². The average Bonchev–Trinajstić information content (AvgIpc) is 2.11. The van der Waals surface area contributed by atoms with E-state index in [4.69, 9.17) is 6.42 Å². The van der Waals surface area contributed by atoms with Crippen molar-refractivity contribution < 1.29 is 10.3 Å². The van der Waals surface area contributed by atoms with Crippen LogP contribution in [0.2, 0.25) is 0 Å². The van der Waals surface area contributed by atoms with Crippen LogP contribution < -0.4 is 0 Å². The van der Waals surface area contributed by atoms with E-state index < -0.39 is 17.2 Å². The van der Waals surface area contributed by atoms with Gasteiger partial charge in [0.1, 0.15) is 6.10 Å². The first-order chi connectivity index (χ1) is 6.70. The van der Waals surface area contributed by atoms with Crippen LogP contribution in [0.15, 0.2) is 0 Å². The number of aliphatic hydroxyl groups is 1. The SMILES string of the molecule is C#CC(O)C1CC(C)(C)N([O])C(C)(C)C1. The van der Waals surface area contributed by atoms with E-state index in [9.17, 15) is 10.3 Å². The molecule has 1 rings (SSSR count). The van der Waals surface area contributed by atoms with E-state index >= 15 is 0 Å². The molecule has 1 unspecified atom stereocenters. The second kappa shape index (κ2) is 3.79. The lowest BCUT2D eigenvalue weighted by Crippen LogP contribution is -2.59. The van der Waals surface area contributed by atoms with Crippen molar-refractivity contribution in [1.82, 2.24) is 5.06 Å². The summed E-state index contributed by atoms with van der Waals surface area (Å²) >= 11 is 0. The topological polar surface area (TPSA) is 43.4 Å². The Hall–Kier alpha value is -0.560. The summed E-state index contributed by atoms with van der Waals surface area (Å²) in [5.41, 5.74) is -0.908. The summed E-state index contributed by atoms with van der Waals surface area (Å²) in [6.07, 6.45) is 5.77. The summed E-state index contributed by atoms with van der Waals surface area (Å²) in [5, 5.41) is 22.8. The summed E-state index contributed by atoms with van der Waals surface area (Å²) in [5.74, 6) is 2.38. The molecule has 1 heterocycles.